The molecule has 0 aliphatic rings. The highest BCUT2D eigenvalue weighted by atomic mass is 15.2. The molecule has 0 amide bonds. The SMILES string of the molecule is Cc1cc(Nc2c3cnccc3nc3c2nn2ccncc32)ccn1. The number of hydrogen-bond acceptors (Lipinski definition) is 6. The van der Waals surface area contributed by atoms with E-state index in [1.807, 2.05) is 31.3 Å². The molecule has 5 aromatic rings. The van der Waals surface area contributed by atoms with Gasteiger partial charge in [-0.15, -0.1) is 0 Å². The van der Waals surface area contributed by atoms with Gasteiger partial charge in [0.1, 0.15) is 16.6 Å². The summed E-state index contributed by atoms with van der Waals surface area (Å²) in [7, 11) is 0. The molecule has 5 rings (SSSR count). The van der Waals surface area contributed by atoms with Crippen LogP contribution in [0.15, 0.2) is 55.4 Å². The van der Waals surface area contributed by atoms with Crippen LogP contribution in [0.1, 0.15) is 5.69 Å². The van der Waals surface area contributed by atoms with Gasteiger partial charge in [-0.25, -0.2) is 9.50 Å². The number of rotatable bonds is 2. The second-order valence-corrected chi connectivity index (χ2v) is 5.79. The molecule has 0 saturated heterocycles. The van der Waals surface area contributed by atoms with Crippen molar-refractivity contribution in [1.82, 2.24) is 29.5 Å². The molecule has 5 heterocycles. The van der Waals surface area contributed by atoms with E-state index in [0.29, 0.717) is 0 Å². The molecule has 1 N–H and O–H groups in total. The third-order valence-corrected chi connectivity index (χ3v) is 4.11. The van der Waals surface area contributed by atoms with Gasteiger partial charge in [0.2, 0.25) is 0 Å². The first-order chi connectivity index (χ1) is 12.3. The zero-order chi connectivity index (χ0) is 16.8. The lowest BCUT2D eigenvalue weighted by molar-refractivity contribution is 0.964. The maximum Gasteiger partial charge on any atom is 0.136 e. The fourth-order valence-electron chi connectivity index (χ4n) is 2.99. The van der Waals surface area contributed by atoms with Gasteiger partial charge in [-0.2, -0.15) is 5.10 Å². The second-order valence-electron chi connectivity index (χ2n) is 5.79. The van der Waals surface area contributed by atoms with Gasteiger partial charge in [0.25, 0.3) is 0 Å². The van der Waals surface area contributed by atoms with Crippen molar-refractivity contribution in [2.45, 2.75) is 6.92 Å². The molecule has 7 heteroatoms. The molecule has 0 unspecified atom stereocenters. The Bertz CT molecular complexity index is 1240. The monoisotopic (exact) mass is 327 g/mol. The Labute approximate surface area is 142 Å². The predicted octanol–water partition coefficient (Wildman–Crippen LogP) is 3.27. The fourth-order valence-corrected chi connectivity index (χ4v) is 2.99. The Morgan fingerprint density at radius 2 is 1.92 bits per heavy atom. The van der Waals surface area contributed by atoms with E-state index in [4.69, 9.17) is 10.1 Å². The van der Waals surface area contributed by atoms with Crippen LogP contribution >= 0.6 is 0 Å². The van der Waals surface area contributed by atoms with Crippen molar-refractivity contribution < 1.29 is 0 Å². The van der Waals surface area contributed by atoms with Crippen molar-refractivity contribution in [3.8, 4) is 0 Å². The molecule has 0 aromatic carbocycles. The van der Waals surface area contributed by atoms with Crippen molar-refractivity contribution >= 4 is 38.8 Å². The van der Waals surface area contributed by atoms with Crippen molar-refractivity contribution in [3.63, 3.8) is 0 Å². The van der Waals surface area contributed by atoms with Gasteiger partial charge >= 0.3 is 0 Å². The molecular formula is C18H13N7. The van der Waals surface area contributed by atoms with E-state index in [1.165, 1.54) is 0 Å². The Kier molecular flexibility index (Phi) is 2.87. The smallest absolute Gasteiger partial charge is 0.136 e. The summed E-state index contributed by atoms with van der Waals surface area (Å²) in [5, 5.41) is 9.09. The number of pyridine rings is 3. The minimum absolute atomic E-state index is 0.781. The molecule has 0 spiro atoms. The number of aryl methyl sites for hydroxylation is 1. The van der Waals surface area contributed by atoms with Crippen molar-refractivity contribution in [3.05, 3.63) is 61.1 Å². The van der Waals surface area contributed by atoms with Gasteiger partial charge in [-0.3, -0.25) is 15.0 Å². The third kappa shape index (κ3) is 2.17. The van der Waals surface area contributed by atoms with Gasteiger partial charge in [-0.05, 0) is 25.1 Å². The minimum Gasteiger partial charge on any atom is -0.353 e. The summed E-state index contributed by atoms with van der Waals surface area (Å²) in [6, 6.07) is 5.82. The summed E-state index contributed by atoms with van der Waals surface area (Å²) in [4.78, 5) is 17.5. The van der Waals surface area contributed by atoms with Crippen LogP contribution < -0.4 is 5.32 Å². The highest BCUT2D eigenvalue weighted by molar-refractivity contribution is 6.10. The van der Waals surface area contributed by atoms with E-state index in [9.17, 15) is 0 Å². The molecule has 0 bridgehead atoms. The molecule has 5 aromatic heterocycles. The van der Waals surface area contributed by atoms with E-state index < -0.39 is 0 Å². The lowest BCUT2D eigenvalue weighted by Crippen LogP contribution is -1.96. The standard InChI is InChI=1S/C18H13N7/c1-11-8-12(2-5-21-11)22-16-13-9-19-4-3-14(13)23-17-15-10-20-6-7-25(15)24-18(16)17/h2-10H,1H3,(H,21,22). The highest BCUT2D eigenvalue weighted by Crippen LogP contribution is 2.33. The summed E-state index contributed by atoms with van der Waals surface area (Å²) in [5.41, 5.74) is 6.07. The van der Waals surface area contributed by atoms with Gasteiger partial charge in [0.15, 0.2) is 0 Å². The highest BCUT2D eigenvalue weighted by Gasteiger charge is 2.15. The summed E-state index contributed by atoms with van der Waals surface area (Å²) >= 11 is 0. The van der Waals surface area contributed by atoms with E-state index in [-0.39, 0.29) is 0 Å². The number of aromatic nitrogens is 6. The number of anilines is 2. The average molecular weight is 327 g/mol. The van der Waals surface area contributed by atoms with Crippen LogP contribution in [0.2, 0.25) is 0 Å². The maximum absolute atomic E-state index is 4.77. The normalized spacial score (nSPS) is 11.4. The molecular weight excluding hydrogens is 314 g/mol. The van der Waals surface area contributed by atoms with Crippen LogP contribution in [-0.4, -0.2) is 29.5 Å². The first kappa shape index (κ1) is 13.8. The molecule has 0 aliphatic carbocycles. The van der Waals surface area contributed by atoms with Crippen LogP contribution in [0.3, 0.4) is 0 Å². The number of nitrogens with one attached hydrogen (secondary N) is 1. The van der Waals surface area contributed by atoms with Gasteiger partial charge in [0.05, 0.1) is 17.4 Å². The number of fused-ring (bicyclic) bond motifs is 4. The zero-order valence-corrected chi connectivity index (χ0v) is 13.4. The van der Waals surface area contributed by atoms with E-state index >= 15 is 0 Å². The maximum atomic E-state index is 4.77. The largest absolute Gasteiger partial charge is 0.353 e. The van der Waals surface area contributed by atoms with Gasteiger partial charge in [-0.1, -0.05) is 0 Å². The topological polar surface area (TPSA) is 80.9 Å². The van der Waals surface area contributed by atoms with Crippen molar-refractivity contribution in [2.75, 3.05) is 5.32 Å². The second kappa shape index (κ2) is 5.20. The van der Waals surface area contributed by atoms with E-state index in [0.717, 1.165) is 44.5 Å². The summed E-state index contributed by atoms with van der Waals surface area (Å²) < 4.78 is 1.79. The number of nitrogens with zero attached hydrogens (tertiary/aromatic N) is 6. The van der Waals surface area contributed by atoms with Crippen LogP contribution in [-0.2, 0) is 0 Å². The van der Waals surface area contributed by atoms with Crippen LogP contribution in [0, 0.1) is 6.92 Å². The van der Waals surface area contributed by atoms with Crippen molar-refractivity contribution in [2.24, 2.45) is 0 Å². The molecule has 0 radical (unpaired) electrons. The van der Waals surface area contributed by atoms with Gasteiger partial charge in [0, 0.05) is 47.8 Å². The first-order valence-corrected chi connectivity index (χ1v) is 7.85. The molecule has 25 heavy (non-hydrogen) atoms. The Balaban J connectivity index is 1.86. The van der Waals surface area contributed by atoms with E-state index in [2.05, 4.69) is 20.3 Å². The summed E-state index contributed by atoms with van der Waals surface area (Å²) in [6.07, 6.45) is 10.6. The fraction of sp³-hybridized carbons (Fsp3) is 0.0556. The Morgan fingerprint density at radius 1 is 1.00 bits per heavy atom. The lowest BCUT2D eigenvalue weighted by atomic mass is 10.2. The van der Waals surface area contributed by atoms with Crippen LogP contribution in [0.5, 0.6) is 0 Å². The molecule has 0 fully saturated rings. The molecule has 120 valence electrons. The van der Waals surface area contributed by atoms with E-state index in [1.54, 1.807) is 35.5 Å². The zero-order valence-electron chi connectivity index (χ0n) is 13.4. The average Bonchev–Trinajstić information content (AvgIpc) is 3.00. The minimum atomic E-state index is 0.781. The van der Waals surface area contributed by atoms with Gasteiger partial charge < -0.3 is 5.32 Å². The van der Waals surface area contributed by atoms with Crippen LogP contribution in [0.25, 0.3) is 27.5 Å². The van der Waals surface area contributed by atoms with Crippen LogP contribution in [0.4, 0.5) is 11.4 Å². The molecule has 7 nitrogen and oxygen atoms in total. The predicted molar refractivity (Wildman–Crippen MR) is 95.8 cm³/mol. The molecule has 0 aliphatic heterocycles. The van der Waals surface area contributed by atoms with Crippen molar-refractivity contribution in [1.29, 1.82) is 0 Å². The quantitative estimate of drug-likeness (QED) is 0.536. The number of hydrogen-bond donors (Lipinski definition) is 1. The Hall–Kier alpha value is -3.61. The molecule has 0 saturated carbocycles. The third-order valence-electron chi connectivity index (χ3n) is 4.11. The molecule has 0 atom stereocenters. The lowest BCUT2D eigenvalue weighted by Gasteiger charge is -2.10. The summed E-state index contributed by atoms with van der Waals surface area (Å²) in [5.74, 6) is 0. The summed E-state index contributed by atoms with van der Waals surface area (Å²) in [6.45, 7) is 1.96. The Morgan fingerprint density at radius 3 is 2.84 bits per heavy atom. The first-order valence-electron chi connectivity index (χ1n) is 7.85.